The Balaban J connectivity index is 1.78. The number of pyridine rings is 1. The van der Waals surface area contributed by atoms with E-state index in [9.17, 15) is 13.2 Å². The number of halogens is 4. The summed E-state index contributed by atoms with van der Waals surface area (Å²) < 4.78 is 42.5. The molecule has 5 aromatic heterocycles. The van der Waals surface area contributed by atoms with E-state index < -0.39 is 16.9 Å². The van der Waals surface area contributed by atoms with Crippen molar-refractivity contribution in [1.82, 2.24) is 34.3 Å². The quantitative estimate of drug-likeness (QED) is 0.384. The van der Waals surface area contributed by atoms with Crippen LogP contribution in [-0.2, 0) is 13.2 Å². The van der Waals surface area contributed by atoms with Crippen LogP contribution < -0.4 is 0 Å². The minimum atomic E-state index is -4.64. The SMILES string of the molecule is Cc1cc(C)c2c(n1)sc1c2ncn2nc(-c3nn(C)c(C(F)(F)F)c3Cl)nc12. The molecule has 0 fully saturated rings. The lowest BCUT2D eigenvalue weighted by Gasteiger charge is -2.05. The maximum atomic E-state index is 13.2. The summed E-state index contributed by atoms with van der Waals surface area (Å²) in [5, 5.41) is 8.52. The second kappa shape index (κ2) is 5.86. The van der Waals surface area contributed by atoms with Gasteiger partial charge in [0.05, 0.1) is 5.52 Å². The number of aryl methyl sites for hydroxylation is 3. The van der Waals surface area contributed by atoms with Crippen molar-refractivity contribution in [2.24, 2.45) is 7.05 Å². The van der Waals surface area contributed by atoms with Crippen molar-refractivity contribution in [1.29, 1.82) is 0 Å². The van der Waals surface area contributed by atoms with Crippen LogP contribution in [0.5, 0.6) is 0 Å². The standard InChI is InChI=1S/C17H11ClF3N7S/c1-6-4-7(2)23-16-8(6)10-12(29-16)15-24-14(26-28(15)5-22-10)11-9(18)13(17(19,20)21)27(3)25-11/h4-5H,1-3H3. The molecular formula is C17H11ClF3N7S. The van der Waals surface area contributed by atoms with Crippen molar-refractivity contribution in [2.75, 3.05) is 0 Å². The minimum absolute atomic E-state index is 0.00582. The fraction of sp³-hybridized carbons (Fsp3) is 0.235. The molecule has 5 heterocycles. The second-order valence-electron chi connectivity index (χ2n) is 6.62. The van der Waals surface area contributed by atoms with Gasteiger partial charge in [0, 0.05) is 18.1 Å². The van der Waals surface area contributed by atoms with Gasteiger partial charge in [0.1, 0.15) is 20.9 Å². The highest BCUT2D eigenvalue weighted by Crippen LogP contribution is 2.40. The third-order valence-corrected chi connectivity index (χ3v) is 5.99. The summed E-state index contributed by atoms with van der Waals surface area (Å²) >= 11 is 7.39. The third kappa shape index (κ3) is 2.60. The Hall–Kier alpha value is -2.79. The monoisotopic (exact) mass is 437 g/mol. The maximum absolute atomic E-state index is 13.2. The lowest BCUT2D eigenvalue weighted by molar-refractivity contribution is -0.143. The largest absolute Gasteiger partial charge is 0.434 e. The van der Waals surface area contributed by atoms with Crippen LogP contribution in [0.15, 0.2) is 12.4 Å². The highest BCUT2D eigenvalue weighted by atomic mass is 35.5. The summed E-state index contributed by atoms with van der Waals surface area (Å²) in [5.74, 6) is -0.00582. The first-order valence-electron chi connectivity index (χ1n) is 8.37. The predicted octanol–water partition coefficient (Wildman–Crippen LogP) is 4.58. The molecule has 0 atom stereocenters. The summed E-state index contributed by atoms with van der Waals surface area (Å²) in [4.78, 5) is 14.3. The van der Waals surface area contributed by atoms with Crippen molar-refractivity contribution in [3.63, 3.8) is 0 Å². The molecule has 0 saturated carbocycles. The van der Waals surface area contributed by atoms with E-state index in [0.717, 1.165) is 31.7 Å². The van der Waals surface area contributed by atoms with Crippen LogP contribution in [0.25, 0.3) is 37.6 Å². The molecule has 148 valence electrons. The van der Waals surface area contributed by atoms with Gasteiger partial charge in [-0.3, -0.25) is 4.68 Å². The van der Waals surface area contributed by atoms with Gasteiger partial charge in [-0.1, -0.05) is 11.6 Å². The third-order valence-electron chi connectivity index (χ3n) is 4.56. The van der Waals surface area contributed by atoms with E-state index in [4.69, 9.17) is 11.6 Å². The van der Waals surface area contributed by atoms with Gasteiger partial charge in [-0.05, 0) is 25.5 Å². The van der Waals surface area contributed by atoms with E-state index in [1.54, 1.807) is 0 Å². The average Bonchev–Trinajstić information content (AvgIpc) is 3.25. The highest BCUT2D eigenvalue weighted by molar-refractivity contribution is 7.26. The molecule has 29 heavy (non-hydrogen) atoms. The fourth-order valence-corrected chi connectivity index (χ4v) is 4.99. The Labute approximate surface area is 169 Å². The molecule has 0 radical (unpaired) electrons. The summed E-state index contributed by atoms with van der Waals surface area (Å²) in [6.45, 7) is 3.90. The number of hydrogen-bond donors (Lipinski definition) is 0. The topological polar surface area (TPSA) is 73.8 Å². The predicted molar refractivity (Wildman–Crippen MR) is 103 cm³/mol. The number of alkyl halides is 3. The molecule has 0 bridgehead atoms. The van der Waals surface area contributed by atoms with Gasteiger partial charge in [-0.15, -0.1) is 16.4 Å². The van der Waals surface area contributed by atoms with Crippen LogP contribution in [0.1, 0.15) is 17.0 Å². The van der Waals surface area contributed by atoms with E-state index in [0.29, 0.717) is 10.3 Å². The van der Waals surface area contributed by atoms with Gasteiger partial charge in [-0.25, -0.2) is 19.5 Å². The molecule has 7 nitrogen and oxygen atoms in total. The van der Waals surface area contributed by atoms with Crippen molar-refractivity contribution in [3.8, 4) is 11.5 Å². The zero-order chi connectivity index (χ0) is 20.7. The molecule has 0 unspecified atom stereocenters. The van der Waals surface area contributed by atoms with Crippen molar-refractivity contribution in [2.45, 2.75) is 20.0 Å². The Bertz CT molecular complexity index is 1450. The number of fused-ring (bicyclic) bond motifs is 5. The molecule has 0 spiro atoms. The molecule has 0 amide bonds. The van der Waals surface area contributed by atoms with E-state index >= 15 is 0 Å². The van der Waals surface area contributed by atoms with Gasteiger partial charge < -0.3 is 0 Å². The number of rotatable bonds is 1. The molecule has 0 saturated heterocycles. The number of nitrogens with zero attached hydrogens (tertiary/aromatic N) is 7. The van der Waals surface area contributed by atoms with Crippen LogP contribution >= 0.6 is 22.9 Å². The first kappa shape index (κ1) is 18.3. The average molecular weight is 438 g/mol. The lowest BCUT2D eigenvalue weighted by Crippen LogP contribution is -2.12. The molecule has 0 aliphatic heterocycles. The summed E-state index contributed by atoms with van der Waals surface area (Å²) in [6.07, 6.45) is -3.17. The van der Waals surface area contributed by atoms with Gasteiger partial charge >= 0.3 is 6.18 Å². The van der Waals surface area contributed by atoms with Gasteiger partial charge in [0.15, 0.2) is 17.0 Å². The maximum Gasteiger partial charge on any atom is 0.434 e. The zero-order valence-corrected chi connectivity index (χ0v) is 16.8. The van der Waals surface area contributed by atoms with Crippen LogP contribution in [0, 0.1) is 13.8 Å². The van der Waals surface area contributed by atoms with E-state index in [2.05, 4.69) is 25.1 Å². The highest BCUT2D eigenvalue weighted by Gasteiger charge is 2.39. The number of aromatic nitrogens is 7. The smallest absolute Gasteiger partial charge is 0.261 e. The zero-order valence-electron chi connectivity index (χ0n) is 15.2. The van der Waals surface area contributed by atoms with Crippen molar-refractivity contribution in [3.05, 3.63) is 34.4 Å². The first-order chi connectivity index (χ1) is 13.6. The summed E-state index contributed by atoms with van der Waals surface area (Å²) in [6, 6.07) is 1.97. The summed E-state index contributed by atoms with van der Waals surface area (Å²) in [7, 11) is 1.18. The molecule has 0 aromatic carbocycles. The Morgan fingerprint density at radius 2 is 1.90 bits per heavy atom. The number of thiophene rings is 1. The van der Waals surface area contributed by atoms with Crippen LogP contribution in [-0.4, -0.2) is 34.3 Å². The second-order valence-corrected chi connectivity index (χ2v) is 8.00. The Morgan fingerprint density at radius 3 is 2.59 bits per heavy atom. The Kier molecular flexibility index (Phi) is 3.69. The molecule has 5 rings (SSSR count). The van der Waals surface area contributed by atoms with E-state index in [1.165, 1.54) is 29.2 Å². The van der Waals surface area contributed by atoms with Crippen LogP contribution in [0.4, 0.5) is 13.2 Å². The van der Waals surface area contributed by atoms with Gasteiger partial charge in [-0.2, -0.15) is 18.3 Å². The fourth-order valence-electron chi connectivity index (χ4n) is 3.42. The molecule has 0 aliphatic rings. The van der Waals surface area contributed by atoms with Crippen molar-refractivity contribution >= 4 is 49.0 Å². The van der Waals surface area contributed by atoms with Gasteiger partial charge in [0.2, 0.25) is 5.82 Å². The van der Waals surface area contributed by atoms with Crippen LogP contribution in [0.2, 0.25) is 5.02 Å². The lowest BCUT2D eigenvalue weighted by atomic mass is 10.1. The van der Waals surface area contributed by atoms with Crippen LogP contribution in [0.3, 0.4) is 0 Å². The van der Waals surface area contributed by atoms with E-state index in [1.807, 2.05) is 19.9 Å². The molecule has 12 heteroatoms. The van der Waals surface area contributed by atoms with Crippen molar-refractivity contribution < 1.29 is 13.2 Å². The Morgan fingerprint density at radius 1 is 1.14 bits per heavy atom. The summed E-state index contributed by atoms with van der Waals surface area (Å²) in [5.41, 5.74) is 1.93. The molecular weight excluding hydrogens is 427 g/mol. The normalized spacial score (nSPS) is 12.7. The van der Waals surface area contributed by atoms with Gasteiger partial charge in [0.25, 0.3) is 0 Å². The van der Waals surface area contributed by atoms with E-state index in [-0.39, 0.29) is 11.5 Å². The molecule has 0 N–H and O–H groups in total. The minimum Gasteiger partial charge on any atom is -0.261 e. The first-order valence-corrected chi connectivity index (χ1v) is 9.56. The number of hydrogen-bond acceptors (Lipinski definition) is 6. The molecule has 5 aromatic rings. The molecule has 0 aliphatic carbocycles.